The predicted octanol–water partition coefficient (Wildman–Crippen LogP) is 5.97. The molecule has 0 spiro atoms. The Balaban J connectivity index is 1.43. The maximum Gasteiger partial charge on any atom is 0.417 e. The Labute approximate surface area is 255 Å². The second kappa shape index (κ2) is 11.4. The number of hydrogen-bond donors (Lipinski definition) is 0. The summed E-state index contributed by atoms with van der Waals surface area (Å²) in [6, 6.07) is 14.7. The number of nitrogens with zero attached hydrogens (tertiary/aromatic N) is 4. The fraction of sp³-hybridized carbons (Fsp3) is 0.226. The largest absolute Gasteiger partial charge is 0.417 e. The van der Waals surface area contributed by atoms with Crippen LogP contribution in [0.3, 0.4) is 0 Å². The first kappa shape index (κ1) is 29.9. The van der Waals surface area contributed by atoms with Crippen LogP contribution in [0.2, 0.25) is 5.02 Å². The van der Waals surface area contributed by atoms with Crippen molar-refractivity contribution in [1.29, 1.82) is 0 Å². The summed E-state index contributed by atoms with van der Waals surface area (Å²) in [6.07, 6.45) is 0.0211. The van der Waals surface area contributed by atoms with E-state index in [-0.39, 0.29) is 17.1 Å². The van der Waals surface area contributed by atoms with Crippen molar-refractivity contribution in [1.82, 2.24) is 13.5 Å². The summed E-state index contributed by atoms with van der Waals surface area (Å²) >= 11 is 5.87. The zero-order valence-corrected chi connectivity index (χ0v) is 25.0. The van der Waals surface area contributed by atoms with E-state index in [0.717, 1.165) is 21.3 Å². The topological polar surface area (TPSA) is 86.4 Å². The standard InChI is InChI=1S/C31H26ClF3N4O4S/c1-20-2-5-24(6-3-20)44(41,42)39-19-26(25-16-23(17-36-30(25)39)37-10-12-43-13-11-37)22-8-9-38(29(40)15-22)18-21-4-7-27(28(32)14-21)31(33,34)35/h2-9,14-17,19H,10-13,18H2,1H3. The molecule has 0 saturated carbocycles. The van der Waals surface area contributed by atoms with Gasteiger partial charge in [0.15, 0.2) is 5.65 Å². The van der Waals surface area contributed by atoms with Gasteiger partial charge in [-0.25, -0.2) is 17.4 Å². The van der Waals surface area contributed by atoms with Gasteiger partial charge >= 0.3 is 6.18 Å². The van der Waals surface area contributed by atoms with Gasteiger partial charge in [0.2, 0.25) is 0 Å². The van der Waals surface area contributed by atoms with Crippen LogP contribution in [-0.2, 0) is 27.5 Å². The number of halogens is 4. The Morgan fingerprint density at radius 1 is 1.00 bits per heavy atom. The number of rotatable bonds is 6. The average molecular weight is 643 g/mol. The minimum absolute atomic E-state index is 0.0106. The van der Waals surface area contributed by atoms with Crippen molar-refractivity contribution in [2.24, 2.45) is 0 Å². The molecular formula is C31H26ClF3N4O4S. The third-order valence-corrected chi connectivity index (χ3v) is 9.53. The molecule has 1 aliphatic rings. The number of benzene rings is 2. The first-order valence-corrected chi connectivity index (χ1v) is 15.5. The van der Waals surface area contributed by atoms with E-state index in [1.54, 1.807) is 24.4 Å². The highest BCUT2D eigenvalue weighted by atomic mass is 35.5. The lowest BCUT2D eigenvalue weighted by molar-refractivity contribution is -0.137. The second-order valence-electron chi connectivity index (χ2n) is 10.5. The molecule has 0 aliphatic carbocycles. The van der Waals surface area contributed by atoms with Crippen molar-refractivity contribution in [3.63, 3.8) is 0 Å². The first-order valence-electron chi connectivity index (χ1n) is 13.6. The first-order chi connectivity index (χ1) is 20.9. The minimum atomic E-state index is -4.59. The molecule has 6 rings (SSSR count). The number of hydrogen-bond acceptors (Lipinski definition) is 6. The molecule has 0 unspecified atom stereocenters. The van der Waals surface area contributed by atoms with Crippen molar-refractivity contribution in [2.75, 3.05) is 31.2 Å². The fourth-order valence-corrected chi connectivity index (χ4v) is 6.82. The fourth-order valence-electron chi connectivity index (χ4n) is 5.19. The molecule has 44 heavy (non-hydrogen) atoms. The molecule has 3 aromatic heterocycles. The van der Waals surface area contributed by atoms with Gasteiger partial charge in [-0.1, -0.05) is 35.4 Å². The molecule has 0 bridgehead atoms. The molecular weight excluding hydrogens is 617 g/mol. The zero-order valence-electron chi connectivity index (χ0n) is 23.4. The van der Waals surface area contributed by atoms with Crippen molar-refractivity contribution in [3.05, 3.63) is 111 Å². The highest BCUT2D eigenvalue weighted by molar-refractivity contribution is 7.90. The summed E-state index contributed by atoms with van der Waals surface area (Å²) in [4.78, 5) is 20.0. The number of alkyl halides is 3. The van der Waals surface area contributed by atoms with Gasteiger partial charge in [0.25, 0.3) is 15.6 Å². The molecule has 1 saturated heterocycles. The van der Waals surface area contributed by atoms with Crippen LogP contribution in [0.25, 0.3) is 22.2 Å². The number of aromatic nitrogens is 3. The number of aryl methyl sites for hydroxylation is 1. The average Bonchev–Trinajstić information content (AvgIpc) is 3.38. The van der Waals surface area contributed by atoms with E-state index in [1.165, 1.54) is 47.3 Å². The van der Waals surface area contributed by atoms with Gasteiger partial charge in [-0.05, 0) is 54.4 Å². The lowest BCUT2D eigenvalue weighted by atomic mass is 10.1. The third kappa shape index (κ3) is 5.72. The van der Waals surface area contributed by atoms with Gasteiger partial charge in [0, 0.05) is 42.5 Å². The Morgan fingerprint density at radius 2 is 1.73 bits per heavy atom. The van der Waals surface area contributed by atoms with Crippen LogP contribution in [0.1, 0.15) is 16.7 Å². The van der Waals surface area contributed by atoms with Gasteiger partial charge in [-0.2, -0.15) is 13.2 Å². The van der Waals surface area contributed by atoms with E-state index in [9.17, 15) is 26.4 Å². The molecule has 0 amide bonds. The molecule has 0 N–H and O–H groups in total. The van der Waals surface area contributed by atoms with Crippen LogP contribution in [0, 0.1) is 6.92 Å². The van der Waals surface area contributed by atoms with Crippen LogP contribution in [-0.4, -0.2) is 48.2 Å². The molecule has 8 nitrogen and oxygen atoms in total. The second-order valence-corrected chi connectivity index (χ2v) is 12.7. The van der Waals surface area contributed by atoms with E-state index >= 15 is 0 Å². The molecule has 0 atom stereocenters. The molecule has 228 valence electrons. The van der Waals surface area contributed by atoms with E-state index in [0.29, 0.717) is 48.4 Å². The summed E-state index contributed by atoms with van der Waals surface area (Å²) in [5, 5.41) is 0.0854. The number of morpholine rings is 1. The highest BCUT2D eigenvalue weighted by Gasteiger charge is 2.33. The predicted molar refractivity (Wildman–Crippen MR) is 162 cm³/mol. The van der Waals surface area contributed by atoms with Gasteiger partial charge in [0.05, 0.1) is 47.1 Å². The summed E-state index contributed by atoms with van der Waals surface area (Å²) < 4.78 is 74.8. The molecule has 2 aromatic carbocycles. The van der Waals surface area contributed by atoms with Crippen LogP contribution in [0.15, 0.2) is 88.9 Å². The van der Waals surface area contributed by atoms with Gasteiger partial charge in [-0.3, -0.25) is 4.79 Å². The summed E-state index contributed by atoms with van der Waals surface area (Å²) in [5.41, 5.74) is 1.89. The minimum Gasteiger partial charge on any atom is -0.378 e. The maximum atomic E-state index is 13.8. The van der Waals surface area contributed by atoms with Crippen molar-refractivity contribution < 1.29 is 26.3 Å². The Kier molecular flexibility index (Phi) is 7.76. The summed E-state index contributed by atoms with van der Waals surface area (Å²) in [5.74, 6) is 0. The molecule has 4 heterocycles. The van der Waals surface area contributed by atoms with Crippen molar-refractivity contribution >= 4 is 38.3 Å². The Hall–Kier alpha value is -4.13. The zero-order chi connectivity index (χ0) is 31.2. The number of pyridine rings is 2. The maximum absolute atomic E-state index is 13.8. The van der Waals surface area contributed by atoms with Gasteiger partial charge < -0.3 is 14.2 Å². The van der Waals surface area contributed by atoms with Crippen LogP contribution < -0.4 is 10.5 Å². The quantitative estimate of drug-likeness (QED) is 0.227. The number of ether oxygens (including phenoxy) is 1. The lowest BCUT2D eigenvalue weighted by Gasteiger charge is -2.28. The molecule has 1 fully saturated rings. The van der Waals surface area contributed by atoms with Gasteiger partial charge in [-0.15, -0.1) is 0 Å². The van der Waals surface area contributed by atoms with Crippen LogP contribution in [0.4, 0.5) is 18.9 Å². The molecule has 13 heteroatoms. The number of fused-ring (bicyclic) bond motifs is 1. The molecule has 1 aliphatic heterocycles. The summed E-state index contributed by atoms with van der Waals surface area (Å²) in [7, 11) is -4.04. The van der Waals surface area contributed by atoms with Crippen LogP contribution >= 0.6 is 11.6 Å². The van der Waals surface area contributed by atoms with E-state index in [1.807, 2.05) is 13.0 Å². The third-order valence-electron chi connectivity index (χ3n) is 7.55. The SMILES string of the molecule is Cc1ccc(S(=O)(=O)n2cc(-c3ccn(Cc4ccc(C(F)(F)F)c(Cl)c4)c(=O)c3)c3cc(N4CCOCC4)cnc32)cc1. The number of anilines is 1. The van der Waals surface area contributed by atoms with E-state index in [2.05, 4.69) is 9.88 Å². The Morgan fingerprint density at radius 3 is 2.39 bits per heavy atom. The van der Waals surface area contributed by atoms with E-state index < -0.39 is 32.3 Å². The highest BCUT2D eigenvalue weighted by Crippen LogP contribution is 2.36. The van der Waals surface area contributed by atoms with Crippen molar-refractivity contribution in [3.8, 4) is 11.1 Å². The monoisotopic (exact) mass is 642 g/mol. The molecule has 5 aromatic rings. The molecule has 0 radical (unpaired) electrons. The Bertz CT molecular complexity index is 2030. The smallest absolute Gasteiger partial charge is 0.378 e. The van der Waals surface area contributed by atoms with E-state index in [4.69, 9.17) is 16.3 Å². The lowest BCUT2D eigenvalue weighted by Crippen LogP contribution is -2.36. The normalized spacial score (nSPS) is 14.3. The van der Waals surface area contributed by atoms with Crippen LogP contribution in [0.5, 0.6) is 0 Å². The summed E-state index contributed by atoms with van der Waals surface area (Å²) in [6.45, 7) is 4.25. The van der Waals surface area contributed by atoms with Crippen molar-refractivity contribution in [2.45, 2.75) is 24.5 Å². The van der Waals surface area contributed by atoms with Gasteiger partial charge in [0.1, 0.15) is 0 Å².